The lowest BCUT2D eigenvalue weighted by Crippen LogP contribution is -2.29. The molecule has 1 aliphatic rings. The van der Waals surface area contributed by atoms with Gasteiger partial charge in [0.2, 0.25) is 0 Å². The first-order valence-electron chi connectivity index (χ1n) is 6.47. The summed E-state index contributed by atoms with van der Waals surface area (Å²) in [6.45, 7) is 4.48. The zero-order valence-electron chi connectivity index (χ0n) is 12.0. The highest BCUT2D eigenvalue weighted by molar-refractivity contribution is 7.14. The smallest absolute Gasteiger partial charge is 0.275 e. The molecule has 1 aromatic rings. The van der Waals surface area contributed by atoms with Crippen LogP contribution < -0.4 is 11.3 Å². The molecular formula is C13H21N3O3S. The fourth-order valence-corrected chi connectivity index (χ4v) is 3.44. The molecule has 0 bridgehead atoms. The number of rotatable bonds is 5. The zero-order valence-corrected chi connectivity index (χ0v) is 12.8. The second-order valence-corrected chi connectivity index (χ2v) is 6.16. The third-order valence-corrected chi connectivity index (χ3v) is 4.76. The number of likely N-dealkylation sites (tertiary alicyclic amines) is 1. The summed E-state index contributed by atoms with van der Waals surface area (Å²) in [7, 11) is 3.42. The minimum Gasteiger partial charge on any atom is -0.377 e. The number of aryl methyl sites for hydroxylation is 1. The van der Waals surface area contributed by atoms with Gasteiger partial charge in [0.15, 0.2) is 0 Å². The molecule has 3 N–H and O–H groups in total. The number of hydrazine groups is 1. The summed E-state index contributed by atoms with van der Waals surface area (Å²) < 4.78 is 10.9. The lowest BCUT2D eigenvalue weighted by Gasteiger charge is -2.14. The van der Waals surface area contributed by atoms with E-state index in [9.17, 15) is 4.79 Å². The molecule has 1 aromatic heterocycles. The second kappa shape index (κ2) is 6.64. The molecule has 0 aliphatic carbocycles. The first-order valence-corrected chi connectivity index (χ1v) is 7.28. The fraction of sp³-hybridized carbons (Fsp3) is 0.615. The third-order valence-electron chi connectivity index (χ3n) is 3.67. The van der Waals surface area contributed by atoms with Crippen LogP contribution in [0.1, 0.15) is 20.1 Å². The molecule has 6 nitrogen and oxygen atoms in total. The molecule has 2 rings (SSSR count). The number of nitrogen functional groups attached to an aromatic ring is 1. The summed E-state index contributed by atoms with van der Waals surface area (Å²) in [6, 6.07) is 1.91. The van der Waals surface area contributed by atoms with Crippen molar-refractivity contribution in [3.63, 3.8) is 0 Å². The Labute approximate surface area is 122 Å². The Morgan fingerprint density at radius 1 is 1.45 bits per heavy atom. The quantitative estimate of drug-likeness (QED) is 0.470. The van der Waals surface area contributed by atoms with Gasteiger partial charge in [0.25, 0.3) is 5.91 Å². The predicted molar refractivity (Wildman–Crippen MR) is 77.6 cm³/mol. The average molecular weight is 299 g/mol. The number of hydrogen-bond donors (Lipinski definition) is 2. The summed E-state index contributed by atoms with van der Waals surface area (Å²) in [5.74, 6) is 4.92. The fourth-order valence-electron chi connectivity index (χ4n) is 2.50. The molecule has 7 heteroatoms. The maximum absolute atomic E-state index is 11.5. The van der Waals surface area contributed by atoms with Crippen molar-refractivity contribution in [3.05, 3.63) is 21.4 Å². The molecule has 1 fully saturated rings. The Bertz CT molecular complexity index is 465. The highest BCUT2D eigenvalue weighted by atomic mass is 32.1. The minimum absolute atomic E-state index is 0.103. The number of methoxy groups -OCH3 is 2. The van der Waals surface area contributed by atoms with Gasteiger partial charge >= 0.3 is 0 Å². The summed E-state index contributed by atoms with van der Waals surface area (Å²) in [5.41, 5.74) is 3.32. The molecule has 2 atom stereocenters. The van der Waals surface area contributed by atoms with Crippen molar-refractivity contribution < 1.29 is 14.3 Å². The molecule has 2 heterocycles. The van der Waals surface area contributed by atoms with Crippen LogP contribution in [-0.2, 0) is 16.0 Å². The van der Waals surface area contributed by atoms with E-state index in [0.717, 1.165) is 30.1 Å². The standard InChI is InChI=1S/C13H21N3O3S/c1-8-9(4-12(20-8)13(17)15-14)5-16-6-10(18-2)11(7-16)19-3/h4,10-11H,5-7,14H2,1-3H3,(H,15,17). The topological polar surface area (TPSA) is 76.8 Å². The van der Waals surface area contributed by atoms with E-state index in [0.29, 0.717) is 4.88 Å². The van der Waals surface area contributed by atoms with Gasteiger partial charge in [-0.1, -0.05) is 0 Å². The molecule has 0 saturated carbocycles. The number of carbonyl (C=O) groups is 1. The minimum atomic E-state index is -0.240. The molecule has 1 amide bonds. The van der Waals surface area contributed by atoms with E-state index in [4.69, 9.17) is 15.3 Å². The van der Waals surface area contributed by atoms with Crippen molar-refractivity contribution in [2.75, 3.05) is 27.3 Å². The normalized spacial score (nSPS) is 23.2. The van der Waals surface area contributed by atoms with E-state index in [1.165, 1.54) is 11.3 Å². The zero-order chi connectivity index (χ0) is 14.7. The van der Waals surface area contributed by atoms with Gasteiger partial charge in [-0.15, -0.1) is 11.3 Å². The van der Waals surface area contributed by atoms with E-state index >= 15 is 0 Å². The van der Waals surface area contributed by atoms with E-state index in [1.807, 2.05) is 13.0 Å². The van der Waals surface area contributed by atoms with Crippen LogP contribution in [0.5, 0.6) is 0 Å². The molecular weight excluding hydrogens is 278 g/mol. The first kappa shape index (κ1) is 15.4. The largest absolute Gasteiger partial charge is 0.377 e. The van der Waals surface area contributed by atoms with Gasteiger partial charge in [-0.3, -0.25) is 15.1 Å². The first-order chi connectivity index (χ1) is 9.58. The number of hydrogen-bond acceptors (Lipinski definition) is 6. The van der Waals surface area contributed by atoms with Crippen molar-refractivity contribution in [2.24, 2.45) is 5.84 Å². The van der Waals surface area contributed by atoms with Gasteiger partial charge in [-0.05, 0) is 18.6 Å². The number of thiophene rings is 1. The average Bonchev–Trinajstić information content (AvgIpc) is 3.02. The lowest BCUT2D eigenvalue weighted by atomic mass is 10.2. The van der Waals surface area contributed by atoms with Crippen LogP contribution >= 0.6 is 11.3 Å². The van der Waals surface area contributed by atoms with Crippen molar-refractivity contribution in [1.82, 2.24) is 10.3 Å². The molecule has 0 radical (unpaired) electrons. The van der Waals surface area contributed by atoms with Gasteiger partial charge in [0.05, 0.1) is 17.1 Å². The van der Waals surface area contributed by atoms with E-state index in [2.05, 4.69) is 10.3 Å². The Hall–Kier alpha value is -0.990. The van der Waals surface area contributed by atoms with Crippen molar-refractivity contribution in [3.8, 4) is 0 Å². The molecule has 2 unspecified atom stereocenters. The van der Waals surface area contributed by atoms with Crippen LogP contribution in [0, 0.1) is 6.92 Å². The Morgan fingerprint density at radius 3 is 2.55 bits per heavy atom. The second-order valence-electron chi connectivity index (χ2n) is 4.91. The van der Waals surface area contributed by atoms with E-state index in [1.54, 1.807) is 14.2 Å². The van der Waals surface area contributed by atoms with Gasteiger partial charge in [-0.25, -0.2) is 5.84 Å². The summed E-state index contributed by atoms with van der Waals surface area (Å²) in [4.78, 5) is 15.6. The molecule has 1 aliphatic heterocycles. The Kier molecular flexibility index (Phi) is 5.11. The monoisotopic (exact) mass is 299 g/mol. The van der Waals surface area contributed by atoms with Gasteiger partial charge in [0, 0.05) is 38.7 Å². The molecule has 0 aromatic carbocycles. The maximum atomic E-state index is 11.5. The molecule has 1 saturated heterocycles. The van der Waals surface area contributed by atoms with Crippen LogP contribution in [0.15, 0.2) is 6.07 Å². The number of nitrogens with zero attached hydrogens (tertiary/aromatic N) is 1. The Balaban J connectivity index is 2.04. The Morgan fingerprint density at radius 2 is 2.05 bits per heavy atom. The summed E-state index contributed by atoms with van der Waals surface area (Å²) >= 11 is 1.46. The van der Waals surface area contributed by atoms with Crippen LogP contribution in [0.3, 0.4) is 0 Å². The van der Waals surface area contributed by atoms with E-state index < -0.39 is 0 Å². The van der Waals surface area contributed by atoms with Crippen LogP contribution in [-0.4, -0.2) is 50.3 Å². The number of carbonyl (C=O) groups excluding carboxylic acids is 1. The van der Waals surface area contributed by atoms with E-state index in [-0.39, 0.29) is 18.1 Å². The van der Waals surface area contributed by atoms with Gasteiger partial charge in [-0.2, -0.15) is 0 Å². The number of nitrogens with two attached hydrogens (primary N) is 1. The highest BCUT2D eigenvalue weighted by Crippen LogP contribution is 2.25. The third kappa shape index (κ3) is 3.18. The summed E-state index contributed by atoms with van der Waals surface area (Å²) in [5, 5.41) is 0. The molecule has 20 heavy (non-hydrogen) atoms. The van der Waals surface area contributed by atoms with Crippen molar-refractivity contribution in [1.29, 1.82) is 0 Å². The van der Waals surface area contributed by atoms with Crippen LogP contribution in [0.25, 0.3) is 0 Å². The lowest BCUT2D eigenvalue weighted by molar-refractivity contribution is -0.00461. The van der Waals surface area contributed by atoms with Crippen molar-refractivity contribution in [2.45, 2.75) is 25.7 Å². The number of nitrogens with one attached hydrogen (secondary N) is 1. The highest BCUT2D eigenvalue weighted by Gasteiger charge is 2.33. The maximum Gasteiger partial charge on any atom is 0.275 e. The van der Waals surface area contributed by atoms with Crippen molar-refractivity contribution >= 4 is 17.2 Å². The van der Waals surface area contributed by atoms with Crippen LogP contribution in [0.4, 0.5) is 0 Å². The van der Waals surface area contributed by atoms with Gasteiger partial charge in [0.1, 0.15) is 0 Å². The molecule has 0 spiro atoms. The predicted octanol–water partition coefficient (Wildman–Crippen LogP) is 0.506. The SMILES string of the molecule is COC1CN(Cc2cc(C(=O)NN)sc2C)CC1OC. The number of ether oxygens (including phenoxy) is 2. The summed E-state index contributed by atoms with van der Waals surface area (Å²) in [6.07, 6.45) is 0.205. The number of amides is 1. The van der Waals surface area contributed by atoms with Crippen LogP contribution in [0.2, 0.25) is 0 Å². The van der Waals surface area contributed by atoms with Gasteiger partial charge < -0.3 is 9.47 Å². The molecule has 112 valence electrons.